The van der Waals surface area contributed by atoms with Crippen LogP contribution in [0.5, 0.6) is 0 Å². The van der Waals surface area contributed by atoms with Crippen molar-refractivity contribution in [3.8, 4) is 10.6 Å². The molecule has 0 unspecified atom stereocenters. The van der Waals surface area contributed by atoms with E-state index in [0.29, 0.717) is 5.56 Å². The first-order valence-electron chi connectivity index (χ1n) is 9.26. The zero-order chi connectivity index (χ0) is 19.1. The number of nitrogens with zero attached hydrogens (tertiary/aromatic N) is 1. The fourth-order valence-corrected chi connectivity index (χ4v) is 6.30. The number of carbonyl (C=O) groups excluding carboxylic acids is 1. The smallest absolute Gasteiger partial charge is 0.256 e. The summed E-state index contributed by atoms with van der Waals surface area (Å²) < 4.78 is 2.14. The van der Waals surface area contributed by atoms with Crippen LogP contribution in [0.15, 0.2) is 53.0 Å². The summed E-state index contributed by atoms with van der Waals surface area (Å²) in [5.41, 5.74) is 4.18. The number of fused-ring (bicyclic) bond motifs is 2. The summed E-state index contributed by atoms with van der Waals surface area (Å²) in [6, 6.07) is 15.7. The van der Waals surface area contributed by atoms with E-state index < -0.39 is 0 Å². The van der Waals surface area contributed by atoms with Crippen LogP contribution >= 0.6 is 38.6 Å². The van der Waals surface area contributed by atoms with Gasteiger partial charge in [0.1, 0.15) is 10.0 Å². The van der Waals surface area contributed by atoms with Crippen LogP contribution in [-0.4, -0.2) is 10.9 Å². The van der Waals surface area contributed by atoms with Crippen molar-refractivity contribution in [1.82, 2.24) is 4.98 Å². The Morgan fingerprint density at radius 2 is 1.79 bits per heavy atom. The Morgan fingerprint density at radius 3 is 2.61 bits per heavy atom. The minimum absolute atomic E-state index is 0.0755. The molecule has 140 valence electrons. The second-order valence-electron chi connectivity index (χ2n) is 6.86. The maximum absolute atomic E-state index is 12.9. The van der Waals surface area contributed by atoms with Crippen LogP contribution in [-0.2, 0) is 12.8 Å². The van der Waals surface area contributed by atoms with E-state index in [2.05, 4.69) is 27.3 Å². The Balaban J connectivity index is 1.58. The van der Waals surface area contributed by atoms with Gasteiger partial charge in [0, 0.05) is 20.5 Å². The van der Waals surface area contributed by atoms with Crippen LogP contribution in [0.1, 0.15) is 33.6 Å². The molecule has 0 saturated carbocycles. The molecule has 1 aliphatic rings. The van der Waals surface area contributed by atoms with E-state index in [1.165, 1.54) is 28.0 Å². The number of thiophene rings is 1. The van der Waals surface area contributed by atoms with E-state index in [1.54, 1.807) is 22.7 Å². The SMILES string of the molecule is O=C(Nc1sc2c(c1-c1nc3ccccc3s1)CCCC2)c1ccc(Br)cc1. The lowest BCUT2D eigenvalue weighted by Crippen LogP contribution is -2.11. The van der Waals surface area contributed by atoms with Crippen molar-refractivity contribution in [2.75, 3.05) is 5.32 Å². The lowest BCUT2D eigenvalue weighted by Gasteiger charge is -2.11. The Kier molecular flexibility index (Phi) is 4.78. The molecule has 2 aromatic heterocycles. The molecule has 2 aromatic carbocycles. The number of nitrogens with one attached hydrogen (secondary N) is 1. The fourth-order valence-electron chi connectivity index (χ4n) is 3.64. The van der Waals surface area contributed by atoms with Crippen molar-refractivity contribution in [2.45, 2.75) is 25.7 Å². The summed E-state index contributed by atoms with van der Waals surface area (Å²) in [4.78, 5) is 19.1. The summed E-state index contributed by atoms with van der Waals surface area (Å²) in [6.45, 7) is 0. The molecule has 1 N–H and O–H groups in total. The van der Waals surface area contributed by atoms with Crippen LogP contribution in [0.4, 0.5) is 5.00 Å². The van der Waals surface area contributed by atoms with Gasteiger partial charge in [-0.15, -0.1) is 22.7 Å². The number of halogens is 1. The van der Waals surface area contributed by atoms with Crippen molar-refractivity contribution in [3.63, 3.8) is 0 Å². The molecule has 4 aromatic rings. The topological polar surface area (TPSA) is 42.0 Å². The zero-order valence-corrected chi connectivity index (χ0v) is 18.2. The Labute approximate surface area is 179 Å². The van der Waals surface area contributed by atoms with Crippen LogP contribution in [0.25, 0.3) is 20.8 Å². The molecule has 1 amide bonds. The van der Waals surface area contributed by atoms with Gasteiger partial charge >= 0.3 is 0 Å². The number of para-hydroxylation sites is 1. The molecule has 0 fully saturated rings. The van der Waals surface area contributed by atoms with Gasteiger partial charge in [0.05, 0.1) is 10.2 Å². The summed E-state index contributed by atoms with van der Waals surface area (Å²) >= 11 is 6.85. The second kappa shape index (κ2) is 7.43. The number of carbonyl (C=O) groups is 1. The monoisotopic (exact) mass is 468 g/mol. The number of thiazole rings is 1. The molecule has 5 rings (SSSR count). The first-order chi connectivity index (χ1) is 13.7. The number of hydrogen-bond acceptors (Lipinski definition) is 4. The van der Waals surface area contributed by atoms with Crippen molar-refractivity contribution < 1.29 is 4.79 Å². The average molecular weight is 469 g/mol. The van der Waals surface area contributed by atoms with Gasteiger partial charge in [-0.2, -0.15) is 0 Å². The number of amides is 1. The van der Waals surface area contributed by atoms with Crippen molar-refractivity contribution in [2.24, 2.45) is 0 Å². The summed E-state index contributed by atoms with van der Waals surface area (Å²) in [5.74, 6) is -0.0755. The van der Waals surface area contributed by atoms with Gasteiger partial charge in [0.15, 0.2) is 0 Å². The van der Waals surface area contributed by atoms with Gasteiger partial charge in [-0.05, 0) is 67.6 Å². The molecule has 28 heavy (non-hydrogen) atoms. The van der Waals surface area contributed by atoms with Gasteiger partial charge in [0.25, 0.3) is 5.91 Å². The van der Waals surface area contributed by atoms with E-state index in [-0.39, 0.29) is 5.91 Å². The highest BCUT2D eigenvalue weighted by Gasteiger charge is 2.25. The Hall–Kier alpha value is -2.02. The number of hydrogen-bond donors (Lipinski definition) is 1. The number of rotatable bonds is 3. The second-order valence-corrected chi connectivity index (χ2v) is 9.91. The number of anilines is 1. The third-order valence-electron chi connectivity index (χ3n) is 5.01. The van der Waals surface area contributed by atoms with Gasteiger partial charge in [-0.3, -0.25) is 4.79 Å². The molecule has 2 heterocycles. The molecular weight excluding hydrogens is 452 g/mol. The van der Waals surface area contributed by atoms with E-state index in [1.807, 2.05) is 42.5 Å². The van der Waals surface area contributed by atoms with Crippen LogP contribution in [0.2, 0.25) is 0 Å². The molecule has 0 saturated heterocycles. The predicted octanol–water partition coefficient (Wildman–Crippen LogP) is 6.92. The van der Waals surface area contributed by atoms with Crippen molar-refractivity contribution in [1.29, 1.82) is 0 Å². The maximum atomic E-state index is 12.9. The molecule has 1 aliphatic carbocycles. The molecule has 0 bridgehead atoms. The van der Waals surface area contributed by atoms with Crippen molar-refractivity contribution in [3.05, 3.63) is 69.0 Å². The maximum Gasteiger partial charge on any atom is 0.256 e. The van der Waals surface area contributed by atoms with E-state index in [0.717, 1.165) is 38.4 Å². The van der Waals surface area contributed by atoms with E-state index in [4.69, 9.17) is 4.98 Å². The van der Waals surface area contributed by atoms with Gasteiger partial charge < -0.3 is 5.32 Å². The minimum Gasteiger partial charge on any atom is -0.313 e. The minimum atomic E-state index is -0.0755. The number of aromatic nitrogens is 1. The molecule has 0 atom stereocenters. The quantitative estimate of drug-likeness (QED) is 0.354. The molecule has 3 nitrogen and oxygen atoms in total. The standard InChI is InChI=1S/C22H17BrN2OS2/c23-14-11-9-13(10-12-14)20(26)25-22-19(15-5-1-3-7-17(15)27-22)21-24-16-6-2-4-8-18(16)28-21/h2,4,6,8-12H,1,3,5,7H2,(H,25,26). The fraction of sp³-hybridized carbons (Fsp3) is 0.182. The van der Waals surface area contributed by atoms with E-state index >= 15 is 0 Å². The van der Waals surface area contributed by atoms with Crippen molar-refractivity contribution >= 4 is 59.7 Å². The highest BCUT2D eigenvalue weighted by molar-refractivity contribution is 9.10. The molecule has 6 heteroatoms. The third kappa shape index (κ3) is 3.30. The largest absolute Gasteiger partial charge is 0.313 e. The molecule has 0 radical (unpaired) electrons. The number of aryl methyl sites for hydroxylation is 1. The molecule has 0 aliphatic heterocycles. The lowest BCUT2D eigenvalue weighted by molar-refractivity contribution is 0.102. The zero-order valence-electron chi connectivity index (χ0n) is 15.0. The van der Waals surface area contributed by atoms with Crippen LogP contribution in [0.3, 0.4) is 0 Å². The van der Waals surface area contributed by atoms with Crippen LogP contribution < -0.4 is 5.32 Å². The molecule has 0 spiro atoms. The Bertz CT molecular complexity index is 1140. The highest BCUT2D eigenvalue weighted by Crippen LogP contribution is 2.46. The summed E-state index contributed by atoms with van der Waals surface area (Å²) in [7, 11) is 0. The normalized spacial score (nSPS) is 13.5. The summed E-state index contributed by atoms with van der Waals surface area (Å²) in [6.07, 6.45) is 4.56. The Morgan fingerprint density at radius 1 is 1.00 bits per heavy atom. The lowest BCUT2D eigenvalue weighted by atomic mass is 9.95. The number of benzene rings is 2. The summed E-state index contributed by atoms with van der Waals surface area (Å²) in [5, 5.41) is 5.11. The average Bonchev–Trinajstić information content (AvgIpc) is 3.28. The molecular formula is C22H17BrN2OS2. The van der Waals surface area contributed by atoms with Gasteiger partial charge in [-0.25, -0.2) is 4.98 Å². The first-order valence-corrected chi connectivity index (χ1v) is 11.7. The van der Waals surface area contributed by atoms with Crippen LogP contribution in [0, 0.1) is 0 Å². The predicted molar refractivity (Wildman–Crippen MR) is 122 cm³/mol. The van der Waals surface area contributed by atoms with Gasteiger partial charge in [-0.1, -0.05) is 28.1 Å². The van der Waals surface area contributed by atoms with Gasteiger partial charge in [0.2, 0.25) is 0 Å². The van der Waals surface area contributed by atoms with E-state index in [9.17, 15) is 4.79 Å². The first kappa shape index (κ1) is 18.0. The highest BCUT2D eigenvalue weighted by atomic mass is 79.9. The third-order valence-corrected chi connectivity index (χ3v) is 7.80.